The summed E-state index contributed by atoms with van der Waals surface area (Å²) in [6.45, 7) is 0. The van der Waals surface area contributed by atoms with Crippen molar-refractivity contribution in [3.8, 4) is 0 Å². The van der Waals surface area contributed by atoms with E-state index in [1.165, 1.54) is 7.11 Å². The molecule has 3 aliphatic rings. The lowest BCUT2D eigenvalue weighted by atomic mass is 9.55. The Bertz CT molecular complexity index is 271. The smallest absolute Gasteiger partial charge is 0.308 e. The van der Waals surface area contributed by atoms with Crippen LogP contribution in [-0.2, 0) is 14.3 Å². The van der Waals surface area contributed by atoms with E-state index in [1.54, 1.807) is 0 Å². The van der Waals surface area contributed by atoms with Gasteiger partial charge in [-0.2, -0.15) is 0 Å². The summed E-state index contributed by atoms with van der Waals surface area (Å²) in [4.78, 5) is 22.5. The predicted octanol–water partition coefficient (Wildman–Crippen LogP) is 1.59. The maximum atomic E-state index is 11.4. The van der Waals surface area contributed by atoms with Gasteiger partial charge in [-0.15, -0.1) is 0 Å². The van der Waals surface area contributed by atoms with Gasteiger partial charge in [0.2, 0.25) is 5.24 Å². The molecule has 0 radical (unpaired) electrons. The van der Waals surface area contributed by atoms with E-state index in [9.17, 15) is 9.59 Å². The molecule has 0 heterocycles. The molecule has 2 bridgehead atoms. The minimum atomic E-state index is -0.290. The van der Waals surface area contributed by atoms with Gasteiger partial charge in [0.25, 0.3) is 0 Å². The second kappa shape index (κ2) is 3.54. The van der Waals surface area contributed by atoms with Crippen LogP contribution in [-0.4, -0.2) is 18.3 Å². The van der Waals surface area contributed by atoms with Crippen LogP contribution in [0, 0.1) is 23.7 Å². The van der Waals surface area contributed by atoms with Crippen LogP contribution in [0.1, 0.15) is 19.3 Å². The van der Waals surface area contributed by atoms with E-state index in [0.717, 1.165) is 12.8 Å². The van der Waals surface area contributed by atoms with Crippen molar-refractivity contribution in [2.45, 2.75) is 19.3 Å². The molecule has 0 N–H and O–H groups in total. The average Bonchev–Trinajstić information content (AvgIpc) is 2.14. The van der Waals surface area contributed by atoms with Crippen LogP contribution in [0.5, 0.6) is 0 Å². The third kappa shape index (κ3) is 1.44. The highest BCUT2D eigenvalue weighted by atomic mass is 35.5. The first-order chi connectivity index (χ1) is 6.63. The van der Waals surface area contributed by atoms with Gasteiger partial charge in [-0.3, -0.25) is 9.59 Å². The topological polar surface area (TPSA) is 43.4 Å². The van der Waals surface area contributed by atoms with Gasteiger partial charge >= 0.3 is 5.97 Å². The third-order valence-electron chi connectivity index (χ3n) is 3.65. The van der Waals surface area contributed by atoms with Gasteiger partial charge in [-0.1, -0.05) is 0 Å². The maximum Gasteiger partial charge on any atom is 0.308 e. The van der Waals surface area contributed by atoms with Gasteiger partial charge in [0, 0.05) is 5.92 Å². The summed E-state index contributed by atoms with van der Waals surface area (Å²) in [5.74, 6) is 0.449. The highest BCUT2D eigenvalue weighted by Gasteiger charge is 2.50. The number of carbonyl (C=O) groups excluding carboxylic acids is 2. The first-order valence-corrected chi connectivity index (χ1v) is 5.28. The van der Waals surface area contributed by atoms with Crippen LogP contribution in [0.25, 0.3) is 0 Å². The molecule has 3 nitrogen and oxygen atoms in total. The molecule has 0 saturated heterocycles. The first-order valence-electron chi connectivity index (χ1n) is 4.90. The van der Waals surface area contributed by atoms with Gasteiger partial charge in [0.1, 0.15) is 0 Å². The number of halogens is 1. The van der Waals surface area contributed by atoms with Crippen molar-refractivity contribution in [2.75, 3.05) is 7.11 Å². The second-order valence-corrected chi connectivity index (χ2v) is 4.64. The third-order valence-corrected chi connectivity index (χ3v) is 3.93. The maximum absolute atomic E-state index is 11.4. The Hall–Kier alpha value is -0.570. The summed E-state index contributed by atoms with van der Waals surface area (Å²) in [7, 11) is 1.39. The molecule has 14 heavy (non-hydrogen) atoms. The van der Waals surface area contributed by atoms with Crippen LogP contribution in [0.3, 0.4) is 0 Å². The van der Waals surface area contributed by atoms with E-state index >= 15 is 0 Å². The van der Waals surface area contributed by atoms with Crippen molar-refractivity contribution in [3.63, 3.8) is 0 Å². The van der Waals surface area contributed by atoms with E-state index in [4.69, 9.17) is 16.3 Å². The molecule has 0 aromatic carbocycles. The van der Waals surface area contributed by atoms with Gasteiger partial charge in [0.05, 0.1) is 13.0 Å². The number of fused-ring (bicyclic) bond motifs is 2. The van der Waals surface area contributed by atoms with Crippen LogP contribution in [0.2, 0.25) is 0 Å². The van der Waals surface area contributed by atoms with Gasteiger partial charge in [-0.25, -0.2) is 0 Å². The molecule has 0 aromatic rings. The molecule has 3 fully saturated rings. The molecule has 3 aliphatic carbocycles. The highest BCUT2D eigenvalue weighted by Crippen LogP contribution is 2.52. The van der Waals surface area contributed by atoms with E-state index in [-0.39, 0.29) is 23.0 Å². The quantitative estimate of drug-likeness (QED) is 0.520. The minimum absolute atomic E-state index is 0.0994. The summed E-state index contributed by atoms with van der Waals surface area (Å²) < 4.78 is 4.72. The Labute approximate surface area is 87.8 Å². The Morgan fingerprint density at radius 2 is 1.71 bits per heavy atom. The molecule has 0 aliphatic heterocycles. The van der Waals surface area contributed by atoms with E-state index < -0.39 is 0 Å². The minimum Gasteiger partial charge on any atom is -0.469 e. The number of rotatable bonds is 2. The summed E-state index contributed by atoms with van der Waals surface area (Å²) in [5, 5.41) is -0.290. The summed E-state index contributed by atoms with van der Waals surface area (Å²) in [6, 6.07) is 0. The average molecular weight is 217 g/mol. The van der Waals surface area contributed by atoms with Crippen LogP contribution < -0.4 is 0 Å². The lowest BCUT2D eigenvalue weighted by molar-refractivity contribution is -0.156. The predicted molar refractivity (Wildman–Crippen MR) is 50.7 cm³/mol. The second-order valence-electron chi connectivity index (χ2n) is 4.27. The number of methoxy groups -OCH3 is 1. The van der Waals surface area contributed by atoms with E-state index in [1.807, 2.05) is 0 Å². The number of ether oxygens (including phenoxy) is 1. The number of carbonyl (C=O) groups is 2. The van der Waals surface area contributed by atoms with E-state index in [2.05, 4.69) is 0 Å². The zero-order chi connectivity index (χ0) is 10.3. The number of esters is 1. The Balaban J connectivity index is 2.07. The fourth-order valence-corrected chi connectivity index (χ4v) is 3.01. The zero-order valence-electron chi connectivity index (χ0n) is 8.03. The summed E-state index contributed by atoms with van der Waals surface area (Å²) >= 11 is 5.50. The van der Waals surface area contributed by atoms with Crippen molar-refractivity contribution in [1.29, 1.82) is 0 Å². The van der Waals surface area contributed by atoms with Crippen LogP contribution in [0.15, 0.2) is 0 Å². The zero-order valence-corrected chi connectivity index (χ0v) is 8.79. The van der Waals surface area contributed by atoms with Crippen LogP contribution in [0.4, 0.5) is 0 Å². The van der Waals surface area contributed by atoms with Crippen molar-refractivity contribution in [2.24, 2.45) is 23.7 Å². The Morgan fingerprint density at radius 1 is 1.14 bits per heavy atom. The van der Waals surface area contributed by atoms with Crippen molar-refractivity contribution in [3.05, 3.63) is 0 Å². The molecule has 3 rings (SSSR count). The normalized spacial score (nSPS) is 39.9. The molecular formula is C10H13ClO3. The van der Waals surface area contributed by atoms with Crippen molar-refractivity contribution < 1.29 is 14.3 Å². The van der Waals surface area contributed by atoms with Crippen molar-refractivity contribution >= 4 is 22.8 Å². The monoisotopic (exact) mass is 216 g/mol. The molecule has 0 spiro atoms. The Morgan fingerprint density at radius 3 is 2.21 bits per heavy atom. The number of hydrogen-bond acceptors (Lipinski definition) is 3. The largest absolute Gasteiger partial charge is 0.469 e. The van der Waals surface area contributed by atoms with E-state index in [0.29, 0.717) is 18.3 Å². The SMILES string of the molecule is COC(=O)C1CC(C(=O)Cl)[C@H]2C[C@@H]1C2. The molecule has 78 valence electrons. The molecular weight excluding hydrogens is 204 g/mol. The molecule has 3 saturated carbocycles. The lowest BCUT2D eigenvalue weighted by Crippen LogP contribution is -2.47. The lowest BCUT2D eigenvalue weighted by Gasteiger charge is -2.48. The van der Waals surface area contributed by atoms with Crippen LogP contribution >= 0.6 is 11.6 Å². The fraction of sp³-hybridized carbons (Fsp3) is 0.800. The van der Waals surface area contributed by atoms with Gasteiger partial charge < -0.3 is 4.74 Å². The first kappa shape index (κ1) is 9.97. The fourth-order valence-electron chi connectivity index (χ4n) is 2.74. The molecule has 4 heteroatoms. The summed E-state index contributed by atoms with van der Waals surface area (Å²) in [5.41, 5.74) is 0. The molecule has 0 aromatic heterocycles. The number of hydrogen-bond donors (Lipinski definition) is 0. The highest BCUT2D eigenvalue weighted by molar-refractivity contribution is 6.64. The molecule has 2 atom stereocenters. The standard InChI is InChI=1S/C10H13ClO3/c1-14-10(13)8-4-7(9(11)12)5-2-6(8)3-5/h5-8H,2-4H2,1H3/t5-,6+,7?,8?. The molecule has 0 amide bonds. The van der Waals surface area contributed by atoms with Crippen molar-refractivity contribution in [1.82, 2.24) is 0 Å². The van der Waals surface area contributed by atoms with Gasteiger partial charge in [-0.05, 0) is 42.7 Å². The Kier molecular flexibility index (Phi) is 2.52. The molecule has 2 unspecified atom stereocenters. The summed E-state index contributed by atoms with van der Waals surface area (Å²) in [6.07, 6.45) is 2.51. The van der Waals surface area contributed by atoms with Gasteiger partial charge in [0.15, 0.2) is 0 Å².